The van der Waals surface area contributed by atoms with Gasteiger partial charge in [0.1, 0.15) is 5.00 Å². The number of nitrogens with one attached hydrogen (secondary N) is 2. The molecule has 1 atom stereocenters. The molecule has 9 heteroatoms. The van der Waals surface area contributed by atoms with Gasteiger partial charge in [-0.1, -0.05) is 4.49 Å². The highest BCUT2D eigenvalue weighted by molar-refractivity contribution is 7.17. The van der Waals surface area contributed by atoms with Gasteiger partial charge in [-0.3, -0.25) is 9.59 Å². The molecule has 2 aromatic heterocycles. The van der Waals surface area contributed by atoms with Gasteiger partial charge in [-0.2, -0.15) is 0 Å². The number of hydrogen-bond donors (Lipinski definition) is 2. The Labute approximate surface area is 159 Å². The van der Waals surface area contributed by atoms with E-state index >= 15 is 0 Å². The summed E-state index contributed by atoms with van der Waals surface area (Å²) in [6, 6.07) is 0. The Morgan fingerprint density at radius 3 is 2.88 bits per heavy atom. The molecule has 3 heterocycles. The number of thiophene rings is 1. The minimum Gasteiger partial charge on any atom is -0.376 e. The molecular formula is C17H20N4O3S2. The van der Waals surface area contributed by atoms with Crippen molar-refractivity contribution in [1.82, 2.24) is 14.9 Å². The molecule has 0 unspecified atom stereocenters. The molecule has 1 saturated heterocycles. The first-order valence-electron chi connectivity index (χ1n) is 8.85. The van der Waals surface area contributed by atoms with Gasteiger partial charge in [0, 0.05) is 23.4 Å². The molecule has 2 amide bonds. The summed E-state index contributed by atoms with van der Waals surface area (Å²) in [5, 5.41) is 11.9. The van der Waals surface area contributed by atoms with Gasteiger partial charge < -0.3 is 15.4 Å². The predicted octanol–water partition coefficient (Wildman–Crippen LogP) is 2.64. The van der Waals surface area contributed by atoms with E-state index in [2.05, 4.69) is 20.2 Å². The minimum absolute atomic E-state index is 0.0903. The highest BCUT2D eigenvalue weighted by Gasteiger charge is 2.27. The second kappa shape index (κ2) is 7.81. The van der Waals surface area contributed by atoms with Crippen molar-refractivity contribution in [3.8, 4) is 0 Å². The second-order valence-corrected chi connectivity index (χ2v) is 8.22. The van der Waals surface area contributed by atoms with Crippen LogP contribution in [0.25, 0.3) is 0 Å². The lowest BCUT2D eigenvalue weighted by Gasteiger charge is -2.15. The van der Waals surface area contributed by atoms with Crippen molar-refractivity contribution in [2.24, 2.45) is 0 Å². The van der Waals surface area contributed by atoms with E-state index in [4.69, 9.17) is 4.74 Å². The van der Waals surface area contributed by atoms with Crippen molar-refractivity contribution in [3.63, 3.8) is 0 Å². The van der Waals surface area contributed by atoms with E-state index in [1.54, 1.807) is 5.38 Å². The van der Waals surface area contributed by atoms with E-state index < -0.39 is 0 Å². The maximum absolute atomic E-state index is 12.9. The summed E-state index contributed by atoms with van der Waals surface area (Å²) in [5.41, 5.74) is 1.96. The Kier molecular flexibility index (Phi) is 5.28. The quantitative estimate of drug-likeness (QED) is 0.816. The van der Waals surface area contributed by atoms with Crippen LogP contribution in [-0.4, -0.2) is 40.7 Å². The Balaban J connectivity index is 1.55. The maximum atomic E-state index is 12.9. The molecule has 7 nitrogen and oxygen atoms in total. The van der Waals surface area contributed by atoms with Gasteiger partial charge in [-0.25, -0.2) is 0 Å². The number of nitrogens with zero attached hydrogens (tertiary/aromatic N) is 2. The normalized spacial score (nSPS) is 19.2. The summed E-state index contributed by atoms with van der Waals surface area (Å²) >= 11 is 2.63. The van der Waals surface area contributed by atoms with Crippen LogP contribution in [0.5, 0.6) is 0 Å². The van der Waals surface area contributed by atoms with E-state index in [0.29, 0.717) is 17.1 Å². The largest absolute Gasteiger partial charge is 0.376 e. The van der Waals surface area contributed by atoms with E-state index in [1.807, 2.05) is 0 Å². The molecule has 1 fully saturated rings. The summed E-state index contributed by atoms with van der Waals surface area (Å²) in [5.74, 6) is -0.461. The Morgan fingerprint density at radius 2 is 2.12 bits per heavy atom. The third-order valence-corrected chi connectivity index (χ3v) is 6.44. The van der Waals surface area contributed by atoms with Gasteiger partial charge in [-0.05, 0) is 55.6 Å². The number of fused-ring (bicyclic) bond motifs is 1. The molecule has 1 aliphatic heterocycles. The molecule has 0 radical (unpaired) electrons. The lowest BCUT2D eigenvalue weighted by molar-refractivity contribution is 0.0858. The Morgan fingerprint density at radius 1 is 1.23 bits per heavy atom. The van der Waals surface area contributed by atoms with Gasteiger partial charge in [0.15, 0.2) is 5.69 Å². The molecule has 2 aromatic rings. The topological polar surface area (TPSA) is 93.2 Å². The minimum atomic E-state index is -0.328. The summed E-state index contributed by atoms with van der Waals surface area (Å²) in [6.45, 7) is 1.27. The average molecular weight is 393 g/mol. The SMILES string of the molecule is O=C(Nc1sc2c(c1C(=O)NC[C@@H]1CCCO1)CCCC2)c1csnn1. The number of carbonyl (C=O) groups is 2. The third-order valence-electron chi connectivity index (χ3n) is 4.73. The van der Waals surface area contributed by atoms with Crippen molar-refractivity contribution >= 4 is 39.7 Å². The molecule has 0 bridgehead atoms. The van der Waals surface area contributed by atoms with Crippen LogP contribution in [0.15, 0.2) is 5.38 Å². The smallest absolute Gasteiger partial charge is 0.277 e. The zero-order chi connectivity index (χ0) is 17.9. The number of ether oxygens (including phenoxy) is 1. The monoisotopic (exact) mass is 392 g/mol. The van der Waals surface area contributed by atoms with E-state index in [0.717, 1.165) is 62.2 Å². The summed E-state index contributed by atoms with van der Waals surface area (Å²) < 4.78 is 9.30. The molecule has 4 rings (SSSR count). The van der Waals surface area contributed by atoms with Crippen molar-refractivity contribution in [2.45, 2.75) is 44.6 Å². The van der Waals surface area contributed by atoms with Gasteiger partial charge in [0.25, 0.3) is 11.8 Å². The van der Waals surface area contributed by atoms with Crippen molar-refractivity contribution in [3.05, 3.63) is 27.1 Å². The zero-order valence-electron chi connectivity index (χ0n) is 14.2. The lowest BCUT2D eigenvalue weighted by atomic mass is 9.95. The first-order valence-corrected chi connectivity index (χ1v) is 10.5. The van der Waals surface area contributed by atoms with Crippen molar-refractivity contribution in [2.75, 3.05) is 18.5 Å². The van der Waals surface area contributed by atoms with Gasteiger partial charge in [-0.15, -0.1) is 16.4 Å². The number of hydrogen-bond acceptors (Lipinski definition) is 7. The van der Waals surface area contributed by atoms with Gasteiger partial charge in [0.2, 0.25) is 0 Å². The van der Waals surface area contributed by atoms with E-state index in [-0.39, 0.29) is 23.6 Å². The van der Waals surface area contributed by atoms with E-state index in [9.17, 15) is 9.59 Å². The summed E-state index contributed by atoms with van der Waals surface area (Å²) in [6.07, 6.45) is 6.13. The van der Waals surface area contributed by atoms with Crippen LogP contribution in [0.1, 0.15) is 57.0 Å². The first-order chi connectivity index (χ1) is 12.7. The molecule has 0 spiro atoms. The van der Waals surface area contributed by atoms with Gasteiger partial charge >= 0.3 is 0 Å². The van der Waals surface area contributed by atoms with Crippen LogP contribution in [0.4, 0.5) is 5.00 Å². The highest BCUT2D eigenvalue weighted by Crippen LogP contribution is 2.38. The van der Waals surface area contributed by atoms with Crippen molar-refractivity contribution in [1.29, 1.82) is 0 Å². The van der Waals surface area contributed by atoms with Crippen LogP contribution < -0.4 is 10.6 Å². The van der Waals surface area contributed by atoms with Crippen LogP contribution in [0.2, 0.25) is 0 Å². The fourth-order valence-electron chi connectivity index (χ4n) is 3.43. The second-order valence-electron chi connectivity index (χ2n) is 6.50. The van der Waals surface area contributed by atoms with Crippen molar-refractivity contribution < 1.29 is 14.3 Å². The molecular weight excluding hydrogens is 372 g/mol. The predicted molar refractivity (Wildman–Crippen MR) is 100 cm³/mol. The fourth-order valence-corrected chi connectivity index (χ4v) is 5.14. The highest BCUT2D eigenvalue weighted by atomic mass is 32.1. The standard InChI is InChI=1S/C17H20N4O3S2/c22-15(12-9-25-21-20-12)19-17-14(11-5-1-2-6-13(11)26-17)16(23)18-8-10-4-3-7-24-10/h9-10H,1-8H2,(H,18,23)(H,19,22)/t10-/m0/s1. The molecule has 1 aliphatic carbocycles. The third kappa shape index (κ3) is 3.65. The summed E-state index contributed by atoms with van der Waals surface area (Å²) in [4.78, 5) is 26.5. The molecule has 0 saturated carbocycles. The first kappa shape index (κ1) is 17.6. The molecule has 26 heavy (non-hydrogen) atoms. The summed E-state index contributed by atoms with van der Waals surface area (Å²) in [7, 11) is 0. The van der Waals surface area contributed by atoms with Crippen LogP contribution in [0.3, 0.4) is 0 Å². The average Bonchev–Trinajstić information content (AvgIpc) is 3.39. The molecule has 2 aliphatic rings. The van der Waals surface area contributed by atoms with Crippen LogP contribution in [-0.2, 0) is 17.6 Å². The Bertz CT molecular complexity index is 797. The molecule has 2 N–H and O–H groups in total. The lowest BCUT2D eigenvalue weighted by Crippen LogP contribution is -2.32. The number of aryl methyl sites for hydroxylation is 1. The Hall–Kier alpha value is -1.84. The number of anilines is 1. The molecule has 138 valence electrons. The van der Waals surface area contributed by atoms with E-state index in [1.165, 1.54) is 16.2 Å². The van der Waals surface area contributed by atoms with Crippen LogP contribution >= 0.6 is 22.9 Å². The number of carbonyl (C=O) groups excluding carboxylic acids is 2. The zero-order valence-corrected chi connectivity index (χ0v) is 15.9. The number of amides is 2. The number of aromatic nitrogens is 2. The van der Waals surface area contributed by atoms with Crippen LogP contribution in [0, 0.1) is 0 Å². The fraction of sp³-hybridized carbons (Fsp3) is 0.529. The molecule has 0 aromatic carbocycles. The maximum Gasteiger partial charge on any atom is 0.277 e. The van der Waals surface area contributed by atoms with Gasteiger partial charge in [0.05, 0.1) is 11.7 Å². The number of rotatable bonds is 5.